The average molecular weight is 346 g/mol. The lowest BCUT2D eigenvalue weighted by atomic mass is 9.95. The van der Waals surface area contributed by atoms with Crippen LogP contribution >= 0.6 is 27.5 Å². The molecule has 1 fully saturated rings. The lowest BCUT2D eigenvalue weighted by molar-refractivity contribution is 0.0984. The molecule has 2 nitrogen and oxygen atoms in total. The molecule has 2 atom stereocenters. The van der Waals surface area contributed by atoms with E-state index in [1.807, 2.05) is 6.07 Å². The predicted molar refractivity (Wildman–Crippen MR) is 85.6 cm³/mol. The van der Waals surface area contributed by atoms with Gasteiger partial charge in [0.05, 0.1) is 0 Å². The molecule has 2 unspecified atom stereocenters. The standard InChI is InChI=1S/C15H22BrClN2/c1-11(14-6-5-12(16)10-15(14)17)19-9-3-2-4-13(19)7-8-18/h5-6,10-11,13H,2-4,7-9,18H2,1H3. The van der Waals surface area contributed by atoms with Crippen LogP contribution in [0.25, 0.3) is 0 Å². The van der Waals surface area contributed by atoms with Crippen molar-refractivity contribution >= 4 is 27.5 Å². The Morgan fingerprint density at radius 3 is 2.95 bits per heavy atom. The number of likely N-dealkylation sites (tertiary alicyclic amines) is 1. The van der Waals surface area contributed by atoms with Crippen LogP contribution in [0.15, 0.2) is 22.7 Å². The second-order valence-electron chi connectivity index (χ2n) is 5.31. The number of hydrogen-bond donors (Lipinski definition) is 1. The first-order chi connectivity index (χ1) is 9.13. The molecule has 0 aliphatic carbocycles. The van der Waals surface area contributed by atoms with Crippen LogP contribution in [0.2, 0.25) is 5.02 Å². The van der Waals surface area contributed by atoms with Gasteiger partial charge in [0.15, 0.2) is 0 Å². The Kier molecular flexibility index (Phi) is 5.70. The Morgan fingerprint density at radius 2 is 2.26 bits per heavy atom. The second kappa shape index (κ2) is 7.07. The summed E-state index contributed by atoms with van der Waals surface area (Å²) >= 11 is 9.85. The molecule has 0 radical (unpaired) electrons. The van der Waals surface area contributed by atoms with E-state index in [0.717, 1.165) is 29.0 Å². The summed E-state index contributed by atoms with van der Waals surface area (Å²) in [6, 6.07) is 7.14. The van der Waals surface area contributed by atoms with Crippen LogP contribution in [-0.2, 0) is 0 Å². The maximum atomic E-state index is 6.39. The van der Waals surface area contributed by atoms with Gasteiger partial charge in [-0.25, -0.2) is 0 Å². The van der Waals surface area contributed by atoms with E-state index in [4.69, 9.17) is 17.3 Å². The van der Waals surface area contributed by atoms with Crippen molar-refractivity contribution in [2.24, 2.45) is 5.73 Å². The first-order valence-electron chi connectivity index (χ1n) is 7.04. The molecule has 1 saturated heterocycles. The van der Waals surface area contributed by atoms with E-state index in [-0.39, 0.29) is 0 Å². The van der Waals surface area contributed by atoms with Gasteiger partial charge in [0.2, 0.25) is 0 Å². The fourth-order valence-electron chi connectivity index (χ4n) is 3.05. The molecule has 0 spiro atoms. The van der Waals surface area contributed by atoms with Gasteiger partial charge in [-0.1, -0.05) is 40.0 Å². The van der Waals surface area contributed by atoms with Crippen molar-refractivity contribution in [2.45, 2.75) is 44.7 Å². The molecule has 2 N–H and O–H groups in total. The maximum absolute atomic E-state index is 6.39. The van der Waals surface area contributed by atoms with Crippen LogP contribution in [0.5, 0.6) is 0 Å². The molecule has 106 valence electrons. The number of halogens is 2. The zero-order chi connectivity index (χ0) is 13.8. The number of hydrogen-bond acceptors (Lipinski definition) is 2. The molecule has 0 saturated carbocycles. The van der Waals surface area contributed by atoms with Gasteiger partial charge in [-0.2, -0.15) is 0 Å². The number of nitrogens with two attached hydrogens (primary N) is 1. The SMILES string of the molecule is CC(c1ccc(Br)cc1Cl)N1CCCCC1CCN. The Hall–Kier alpha value is -0.0900. The third-order valence-corrected chi connectivity index (χ3v) is 4.90. The molecule has 0 aromatic heterocycles. The summed E-state index contributed by atoms with van der Waals surface area (Å²) in [6.45, 7) is 4.17. The van der Waals surface area contributed by atoms with Crippen LogP contribution in [0.3, 0.4) is 0 Å². The van der Waals surface area contributed by atoms with Gasteiger partial charge in [0.1, 0.15) is 0 Å². The van der Waals surface area contributed by atoms with Crippen molar-refractivity contribution in [3.8, 4) is 0 Å². The van der Waals surface area contributed by atoms with Gasteiger partial charge in [-0.05, 0) is 57.0 Å². The highest BCUT2D eigenvalue weighted by molar-refractivity contribution is 9.10. The number of piperidine rings is 1. The van der Waals surface area contributed by atoms with Crippen LogP contribution in [-0.4, -0.2) is 24.0 Å². The zero-order valence-corrected chi connectivity index (χ0v) is 13.8. The molecule has 19 heavy (non-hydrogen) atoms. The average Bonchev–Trinajstić information content (AvgIpc) is 2.39. The van der Waals surface area contributed by atoms with Crippen LogP contribution in [0.1, 0.15) is 44.2 Å². The largest absolute Gasteiger partial charge is 0.330 e. The highest BCUT2D eigenvalue weighted by Gasteiger charge is 2.27. The summed E-state index contributed by atoms with van der Waals surface area (Å²) in [5, 5.41) is 0.846. The highest BCUT2D eigenvalue weighted by Crippen LogP contribution is 2.34. The summed E-state index contributed by atoms with van der Waals surface area (Å²) in [6.07, 6.45) is 4.94. The Bertz CT molecular complexity index is 423. The molecule has 1 aliphatic rings. The molecule has 1 aliphatic heterocycles. The summed E-state index contributed by atoms with van der Waals surface area (Å²) in [7, 11) is 0. The molecule has 0 bridgehead atoms. The highest BCUT2D eigenvalue weighted by atomic mass is 79.9. The first-order valence-corrected chi connectivity index (χ1v) is 8.21. The summed E-state index contributed by atoms with van der Waals surface area (Å²) in [5.41, 5.74) is 6.97. The number of rotatable bonds is 4. The van der Waals surface area contributed by atoms with Crippen molar-refractivity contribution in [3.63, 3.8) is 0 Å². The molecule has 1 aromatic carbocycles. The molecular weight excluding hydrogens is 324 g/mol. The lowest BCUT2D eigenvalue weighted by Crippen LogP contribution is -2.42. The summed E-state index contributed by atoms with van der Waals surface area (Å²) < 4.78 is 1.03. The van der Waals surface area contributed by atoms with E-state index in [1.54, 1.807) is 0 Å². The lowest BCUT2D eigenvalue weighted by Gasteiger charge is -2.40. The van der Waals surface area contributed by atoms with Gasteiger partial charge in [0, 0.05) is 21.6 Å². The fraction of sp³-hybridized carbons (Fsp3) is 0.600. The Balaban J connectivity index is 2.18. The van der Waals surface area contributed by atoms with Crippen LogP contribution < -0.4 is 5.73 Å². The summed E-state index contributed by atoms with van der Waals surface area (Å²) in [5.74, 6) is 0. The molecule has 2 rings (SSSR count). The van der Waals surface area contributed by atoms with Crippen molar-refractivity contribution in [3.05, 3.63) is 33.3 Å². The normalized spacial score (nSPS) is 22.4. The van der Waals surface area contributed by atoms with Gasteiger partial charge in [-0.15, -0.1) is 0 Å². The molecule has 0 amide bonds. The monoisotopic (exact) mass is 344 g/mol. The first kappa shape index (κ1) is 15.3. The molecule has 4 heteroatoms. The minimum Gasteiger partial charge on any atom is -0.330 e. The van der Waals surface area contributed by atoms with E-state index in [0.29, 0.717) is 12.1 Å². The Labute approximate surface area is 129 Å². The van der Waals surface area contributed by atoms with Gasteiger partial charge in [0.25, 0.3) is 0 Å². The third-order valence-electron chi connectivity index (χ3n) is 4.08. The second-order valence-corrected chi connectivity index (χ2v) is 6.63. The van der Waals surface area contributed by atoms with Gasteiger partial charge in [-0.3, -0.25) is 4.90 Å². The summed E-state index contributed by atoms with van der Waals surface area (Å²) in [4.78, 5) is 2.57. The van der Waals surface area contributed by atoms with E-state index >= 15 is 0 Å². The minimum atomic E-state index is 0.359. The zero-order valence-electron chi connectivity index (χ0n) is 11.4. The topological polar surface area (TPSA) is 29.3 Å². The smallest absolute Gasteiger partial charge is 0.0464 e. The molecular formula is C15H22BrClN2. The third kappa shape index (κ3) is 3.72. The molecule has 1 aromatic rings. The van der Waals surface area contributed by atoms with E-state index in [1.165, 1.54) is 24.8 Å². The van der Waals surface area contributed by atoms with E-state index in [2.05, 4.69) is 39.9 Å². The number of benzene rings is 1. The number of nitrogens with zero attached hydrogens (tertiary/aromatic N) is 1. The fourth-order valence-corrected chi connectivity index (χ4v) is 3.89. The van der Waals surface area contributed by atoms with E-state index < -0.39 is 0 Å². The van der Waals surface area contributed by atoms with Crippen molar-refractivity contribution in [2.75, 3.05) is 13.1 Å². The molecule has 1 heterocycles. The van der Waals surface area contributed by atoms with Gasteiger partial charge < -0.3 is 5.73 Å². The van der Waals surface area contributed by atoms with Crippen molar-refractivity contribution < 1.29 is 0 Å². The maximum Gasteiger partial charge on any atom is 0.0464 e. The quantitative estimate of drug-likeness (QED) is 0.878. The van der Waals surface area contributed by atoms with Crippen LogP contribution in [0, 0.1) is 0 Å². The van der Waals surface area contributed by atoms with Crippen molar-refractivity contribution in [1.29, 1.82) is 0 Å². The Morgan fingerprint density at radius 1 is 1.47 bits per heavy atom. The van der Waals surface area contributed by atoms with Gasteiger partial charge >= 0.3 is 0 Å². The van der Waals surface area contributed by atoms with Crippen LogP contribution in [0.4, 0.5) is 0 Å². The predicted octanol–water partition coefficient (Wildman–Crippen LogP) is 4.37. The van der Waals surface area contributed by atoms with E-state index in [9.17, 15) is 0 Å². The minimum absolute atomic E-state index is 0.359. The van der Waals surface area contributed by atoms with Crippen molar-refractivity contribution in [1.82, 2.24) is 4.90 Å².